The van der Waals surface area contributed by atoms with Crippen molar-refractivity contribution in [3.8, 4) is 5.75 Å². The van der Waals surface area contributed by atoms with Crippen LogP contribution in [0.5, 0.6) is 5.75 Å². The number of nitrogens with one attached hydrogen (secondary N) is 1. The van der Waals surface area contributed by atoms with Crippen LogP contribution in [0.1, 0.15) is 36.8 Å². The molecule has 0 aliphatic heterocycles. The molecule has 1 amide bonds. The third-order valence-electron chi connectivity index (χ3n) is 4.83. The van der Waals surface area contributed by atoms with Gasteiger partial charge in [0.25, 0.3) is 5.91 Å². The molecule has 0 saturated carbocycles. The zero-order chi connectivity index (χ0) is 20.9. The molecule has 0 fully saturated rings. The largest absolute Gasteiger partial charge is 0.484 e. The fourth-order valence-corrected chi connectivity index (χ4v) is 3.19. The zero-order valence-corrected chi connectivity index (χ0v) is 17.1. The number of amides is 1. The van der Waals surface area contributed by atoms with Crippen LogP contribution in [0.2, 0.25) is 0 Å². The summed E-state index contributed by atoms with van der Waals surface area (Å²) in [7, 11) is 0. The number of benzene rings is 3. The second-order valence-electron chi connectivity index (χ2n) is 7.51. The van der Waals surface area contributed by atoms with E-state index in [2.05, 4.69) is 24.1 Å². The summed E-state index contributed by atoms with van der Waals surface area (Å²) in [5, 5.41) is 2.85. The smallest absolute Gasteiger partial charge is 0.262 e. The van der Waals surface area contributed by atoms with Gasteiger partial charge in [0.05, 0.1) is 0 Å². The lowest BCUT2D eigenvalue weighted by atomic mass is 10.0. The van der Waals surface area contributed by atoms with E-state index >= 15 is 0 Å². The summed E-state index contributed by atoms with van der Waals surface area (Å²) in [6, 6.07) is 23.3. The molecule has 0 aliphatic carbocycles. The molecule has 0 unspecified atom stereocenters. The summed E-state index contributed by atoms with van der Waals surface area (Å²) >= 11 is 0. The van der Waals surface area contributed by atoms with Crippen LogP contribution in [-0.2, 0) is 11.2 Å². The highest BCUT2D eigenvalue weighted by Crippen LogP contribution is 2.22. The first kappa shape index (κ1) is 19.7. The third kappa shape index (κ3) is 4.87. The fourth-order valence-electron chi connectivity index (χ4n) is 3.19. The van der Waals surface area contributed by atoms with E-state index in [1.54, 1.807) is 6.07 Å². The molecular formula is C25H24N2O3. The number of ether oxygens (including phenoxy) is 1. The predicted molar refractivity (Wildman–Crippen MR) is 118 cm³/mol. The molecule has 1 N–H and O–H groups in total. The lowest BCUT2D eigenvalue weighted by Crippen LogP contribution is -2.20. The fraction of sp³-hybridized carbons (Fsp3) is 0.200. The number of carbonyl (C=O) groups is 1. The highest BCUT2D eigenvalue weighted by Gasteiger charge is 2.10. The first-order valence-corrected chi connectivity index (χ1v) is 10.0. The number of carbonyl (C=O) groups excluding carboxylic acids is 1. The number of hydrogen-bond donors (Lipinski definition) is 1. The van der Waals surface area contributed by atoms with Crippen molar-refractivity contribution in [1.29, 1.82) is 0 Å². The number of oxazole rings is 1. The molecule has 5 heteroatoms. The molecule has 4 aromatic rings. The minimum Gasteiger partial charge on any atom is -0.484 e. The monoisotopic (exact) mass is 400 g/mol. The number of fused-ring (bicyclic) bond motifs is 1. The van der Waals surface area contributed by atoms with Gasteiger partial charge >= 0.3 is 0 Å². The SMILES string of the molecule is CC(C)c1ccc(OCC(=O)Nc2ccc3oc(Cc4ccccc4)nc3c2)cc1. The molecule has 0 aliphatic rings. The van der Waals surface area contributed by atoms with Gasteiger partial charge in [-0.3, -0.25) is 4.79 Å². The van der Waals surface area contributed by atoms with E-state index in [0.29, 0.717) is 40.8 Å². The van der Waals surface area contributed by atoms with Crippen LogP contribution in [0.4, 0.5) is 5.69 Å². The van der Waals surface area contributed by atoms with Crippen molar-refractivity contribution in [1.82, 2.24) is 4.98 Å². The predicted octanol–water partition coefficient (Wildman–Crippen LogP) is 5.56. The highest BCUT2D eigenvalue weighted by molar-refractivity contribution is 5.93. The Kier molecular flexibility index (Phi) is 5.80. The molecule has 1 heterocycles. The molecule has 0 radical (unpaired) electrons. The van der Waals surface area contributed by atoms with E-state index in [1.165, 1.54) is 5.56 Å². The second-order valence-corrected chi connectivity index (χ2v) is 7.51. The molecule has 4 rings (SSSR count). The Hall–Kier alpha value is -3.60. The van der Waals surface area contributed by atoms with Crippen molar-refractivity contribution < 1.29 is 13.9 Å². The molecule has 0 atom stereocenters. The normalized spacial score (nSPS) is 11.0. The van der Waals surface area contributed by atoms with Gasteiger partial charge in [-0.25, -0.2) is 4.98 Å². The molecule has 30 heavy (non-hydrogen) atoms. The van der Waals surface area contributed by atoms with Crippen LogP contribution >= 0.6 is 0 Å². The summed E-state index contributed by atoms with van der Waals surface area (Å²) in [5.41, 5.74) is 4.44. The third-order valence-corrected chi connectivity index (χ3v) is 4.83. The van der Waals surface area contributed by atoms with Crippen LogP contribution in [0.15, 0.2) is 77.2 Å². The molecule has 0 spiro atoms. The summed E-state index contributed by atoms with van der Waals surface area (Å²) in [4.78, 5) is 16.8. The number of rotatable bonds is 7. The summed E-state index contributed by atoms with van der Waals surface area (Å²) in [6.45, 7) is 4.22. The average molecular weight is 400 g/mol. The van der Waals surface area contributed by atoms with Gasteiger partial charge in [-0.15, -0.1) is 0 Å². The second kappa shape index (κ2) is 8.82. The lowest BCUT2D eigenvalue weighted by molar-refractivity contribution is -0.118. The van der Waals surface area contributed by atoms with Crippen LogP contribution < -0.4 is 10.1 Å². The van der Waals surface area contributed by atoms with Gasteiger partial charge in [0, 0.05) is 12.1 Å². The molecule has 1 aromatic heterocycles. The Balaban J connectivity index is 1.36. The van der Waals surface area contributed by atoms with Gasteiger partial charge in [-0.2, -0.15) is 0 Å². The Morgan fingerprint density at radius 1 is 1.03 bits per heavy atom. The maximum absolute atomic E-state index is 12.3. The van der Waals surface area contributed by atoms with Crippen LogP contribution in [0.25, 0.3) is 11.1 Å². The lowest BCUT2D eigenvalue weighted by Gasteiger charge is -2.09. The van der Waals surface area contributed by atoms with Gasteiger partial charge in [0.1, 0.15) is 11.3 Å². The zero-order valence-electron chi connectivity index (χ0n) is 17.1. The van der Waals surface area contributed by atoms with Crippen LogP contribution in [-0.4, -0.2) is 17.5 Å². The van der Waals surface area contributed by atoms with Crippen molar-refractivity contribution in [2.45, 2.75) is 26.2 Å². The van der Waals surface area contributed by atoms with Gasteiger partial charge in [0.2, 0.25) is 0 Å². The maximum atomic E-state index is 12.3. The van der Waals surface area contributed by atoms with Crippen molar-refractivity contribution in [3.63, 3.8) is 0 Å². The molecule has 3 aromatic carbocycles. The molecule has 5 nitrogen and oxygen atoms in total. The van der Waals surface area contributed by atoms with Gasteiger partial charge in [-0.05, 0) is 47.4 Å². The topological polar surface area (TPSA) is 64.4 Å². The summed E-state index contributed by atoms with van der Waals surface area (Å²) < 4.78 is 11.4. The Morgan fingerprint density at radius 2 is 1.80 bits per heavy atom. The van der Waals surface area contributed by atoms with E-state index in [0.717, 1.165) is 5.56 Å². The van der Waals surface area contributed by atoms with Crippen molar-refractivity contribution in [2.24, 2.45) is 0 Å². The van der Waals surface area contributed by atoms with E-state index in [9.17, 15) is 4.79 Å². The quantitative estimate of drug-likeness (QED) is 0.441. The van der Waals surface area contributed by atoms with E-state index in [-0.39, 0.29) is 12.5 Å². The Labute approximate surface area is 175 Å². The Bertz CT molecular complexity index is 1130. The van der Waals surface area contributed by atoms with Crippen molar-refractivity contribution >= 4 is 22.7 Å². The Morgan fingerprint density at radius 3 is 2.53 bits per heavy atom. The van der Waals surface area contributed by atoms with Crippen molar-refractivity contribution in [3.05, 3.63) is 89.8 Å². The van der Waals surface area contributed by atoms with Gasteiger partial charge < -0.3 is 14.5 Å². The van der Waals surface area contributed by atoms with E-state index in [4.69, 9.17) is 9.15 Å². The summed E-state index contributed by atoms with van der Waals surface area (Å²) in [5.74, 6) is 1.55. The first-order valence-electron chi connectivity index (χ1n) is 10.0. The molecule has 152 valence electrons. The number of hydrogen-bond acceptors (Lipinski definition) is 4. The van der Waals surface area contributed by atoms with E-state index < -0.39 is 0 Å². The molecule has 0 bridgehead atoms. The van der Waals surface area contributed by atoms with Crippen molar-refractivity contribution in [2.75, 3.05) is 11.9 Å². The number of anilines is 1. The average Bonchev–Trinajstić information content (AvgIpc) is 3.14. The number of aromatic nitrogens is 1. The summed E-state index contributed by atoms with van der Waals surface area (Å²) in [6.07, 6.45) is 0.626. The molecular weight excluding hydrogens is 376 g/mol. The van der Waals surface area contributed by atoms with Crippen LogP contribution in [0, 0.1) is 0 Å². The highest BCUT2D eigenvalue weighted by atomic mass is 16.5. The van der Waals surface area contributed by atoms with E-state index in [1.807, 2.05) is 66.7 Å². The van der Waals surface area contributed by atoms with Crippen LogP contribution in [0.3, 0.4) is 0 Å². The molecule has 0 saturated heterocycles. The minimum atomic E-state index is -0.227. The minimum absolute atomic E-state index is 0.0584. The standard InChI is InChI=1S/C25H24N2O3/c1-17(2)19-8-11-21(12-9-19)29-16-24(28)26-20-10-13-23-22(15-20)27-25(30-23)14-18-6-4-3-5-7-18/h3-13,15,17H,14,16H2,1-2H3,(H,26,28). The number of nitrogens with zero attached hydrogens (tertiary/aromatic N) is 1. The maximum Gasteiger partial charge on any atom is 0.262 e. The van der Waals surface area contributed by atoms with Gasteiger partial charge in [0.15, 0.2) is 18.1 Å². The first-order chi connectivity index (χ1) is 14.6. The van der Waals surface area contributed by atoms with Gasteiger partial charge in [-0.1, -0.05) is 56.3 Å².